The third-order valence-electron chi connectivity index (χ3n) is 4.19. The molecule has 2 heteroatoms. The van der Waals surface area contributed by atoms with E-state index in [2.05, 4.69) is 26.1 Å². The molecule has 0 aromatic carbocycles. The van der Waals surface area contributed by atoms with Gasteiger partial charge in [0.1, 0.15) is 0 Å². The van der Waals surface area contributed by atoms with Crippen LogP contribution in [0, 0.1) is 11.3 Å². The van der Waals surface area contributed by atoms with Crippen LogP contribution in [0.3, 0.4) is 0 Å². The average molecular weight is 211 g/mol. The van der Waals surface area contributed by atoms with Crippen LogP contribution in [0.15, 0.2) is 0 Å². The minimum absolute atomic E-state index is 0.503. The molecule has 2 fully saturated rings. The lowest BCUT2D eigenvalue weighted by Gasteiger charge is -2.29. The highest BCUT2D eigenvalue weighted by molar-refractivity contribution is 4.96. The molecular weight excluding hydrogens is 186 g/mol. The van der Waals surface area contributed by atoms with E-state index in [0.717, 1.165) is 18.9 Å². The standard InChI is InChI=1S/C13H25NO/c1-4-12-7-11(5-6-15-12)14-9-10-8-13(10,2)3/h10-12,14H,4-9H2,1-3H3. The molecule has 0 amide bonds. The number of ether oxygens (including phenoxy) is 1. The van der Waals surface area contributed by atoms with E-state index in [1.54, 1.807) is 0 Å². The minimum atomic E-state index is 0.503. The summed E-state index contributed by atoms with van der Waals surface area (Å²) in [5, 5.41) is 3.72. The normalized spacial score (nSPS) is 39.0. The van der Waals surface area contributed by atoms with Crippen LogP contribution >= 0.6 is 0 Å². The Bertz CT molecular complexity index is 215. The SMILES string of the molecule is CCC1CC(NCC2CC2(C)C)CCO1. The molecule has 15 heavy (non-hydrogen) atoms. The summed E-state index contributed by atoms with van der Waals surface area (Å²) in [7, 11) is 0. The monoisotopic (exact) mass is 211 g/mol. The van der Waals surface area contributed by atoms with Gasteiger partial charge in [-0.3, -0.25) is 0 Å². The van der Waals surface area contributed by atoms with Gasteiger partial charge < -0.3 is 10.1 Å². The Hall–Kier alpha value is -0.0800. The first-order valence-electron chi connectivity index (χ1n) is 6.47. The summed E-state index contributed by atoms with van der Waals surface area (Å²) in [5.41, 5.74) is 0.613. The maximum atomic E-state index is 5.68. The molecule has 0 radical (unpaired) electrons. The predicted octanol–water partition coefficient (Wildman–Crippen LogP) is 2.58. The summed E-state index contributed by atoms with van der Waals surface area (Å²) < 4.78 is 5.68. The average Bonchev–Trinajstić information content (AvgIpc) is 2.84. The van der Waals surface area contributed by atoms with E-state index in [9.17, 15) is 0 Å². The lowest BCUT2D eigenvalue weighted by atomic mass is 10.0. The van der Waals surface area contributed by atoms with E-state index in [1.165, 1.54) is 25.8 Å². The fraction of sp³-hybridized carbons (Fsp3) is 1.00. The van der Waals surface area contributed by atoms with Crippen LogP contribution < -0.4 is 5.32 Å². The van der Waals surface area contributed by atoms with Crippen LogP contribution in [-0.4, -0.2) is 25.3 Å². The second kappa shape index (κ2) is 4.42. The van der Waals surface area contributed by atoms with Gasteiger partial charge in [-0.15, -0.1) is 0 Å². The zero-order chi connectivity index (χ0) is 10.9. The van der Waals surface area contributed by atoms with Crippen LogP contribution in [0.4, 0.5) is 0 Å². The molecule has 3 atom stereocenters. The molecular formula is C13H25NO. The van der Waals surface area contributed by atoms with E-state index in [-0.39, 0.29) is 0 Å². The van der Waals surface area contributed by atoms with Crippen molar-refractivity contribution in [1.82, 2.24) is 5.32 Å². The van der Waals surface area contributed by atoms with Gasteiger partial charge in [0.2, 0.25) is 0 Å². The predicted molar refractivity (Wildman–Crippen MR) is 62.9 cm³/mol. The smallest absolute Gasteiger partial charge is 0.0587 e. The Kier molecular flexibility index (Phi) is 3.36. The van der Waals surface area contributed by atoms with Crippen molar-refractivity contribution in [1.29, 1.82) is 0 Å². The summed E-state index contributed by atoms with van der Waals surface area (Å²) in [5.74, 6) is 0.917. The second-order valence-corrected chi connectivity index (χ2v) is 5.92. The zero-order valence-electron chi connectivity index (χ0n) is 10.4. The maximum Gasteiger partial charge on any atom is 0.0587 e. The van der Waals surface area contributed by atoms with Crippen molar-refractivity contribution >= 4 is 0 Å². The Morgan fingerprint density at radius 3 is 2.73 bits per heavy atom. The largest absolute Gasteiger partial charge is 0.378 e. The zero-order valence-corrected chi connectivity index (χ0v) is 10.4. The van der Waals surface area contributed by atoms with Gasteiger partial charge in [0.15, 0.2) is 0 Å². The fourth-order valence-corrected chi connectivity index (χ4v) is 2.58. The second-order valence-electron chi connectivity index (χ2n) is 5.92. The third-order valence-corrected chi connectivity index (χ3v) is 4.19. The molecule has 1 saturated heterocycles. The Morgan fingerprint density at radius 1 is 1.40 bits per heavy atom. The first kappa shape index (κ1) is 11.4. The van der Waals surface area contributed by atoms with Gasteiger partial charge in [0.05, 0.1) is 6.10 Å². The topological polar surface area (TPSA) is 21.3 Å². The van der Waals surface area contributed by atoms with Crippen molar-refractivity contribution in [2.45, 2.75) is 58.6 Å². The molecule has 0 aromatic rings. The van der Waals surface area contributed by atoms with Crippen molar-refractivity contribution in [3.8, 4) is 0 Å². The molecule has 88 valence electrons. The molecule has 2 aliphatic rings. The Morgan fingerprint density at radius 2 is 2.13 bits per heavy atom. The highest BCUT2D eigenvalue weighted by Crippen LogP contribution is 2.51. The molecule has 0 spiro atoms. The molecule has 1 heterocycles. The molecule has 2 nitrogen and oxygen atoms in total. The minimum Gasteiger partial charge on any atom is -0.378 e. The van der Waals surface area contributed by atoms with Gasteiger partial charge >= 0.3 is 0 Å². The molecule has 1 aliphatic heterocycles. The quantitative estimate of drug-likeness (QED) is 0.771. The lowest BCUT2D eigenvalue weighted by Crippen LogP contribution is -2.39. The van der Waals surface area contributed by atoms with Gasteiger partial charge in [-0.2, -0.15) is 0 Å². The Labute approximate surface area is 93.8 Å². The van der Waals surface area contributed by atoms with Crippen LogP contribution in [0.2, 0.25) is 0 Å². The van der Waals surface area contributed by atoms with Gasteiger partial charge in [0.25, 0.3) is 0 Å². The van der Waals surface area contributed by atoms with Crippen molar-refractivity contribution in [3.63, 3.8) is 0 Å². The van der Waals surface area contributed by atoms with E-state index in [4.69, 9.17) is 4.74 Å². The van der Waals surface area contributed by atoms with E-state index < -0.39 is 0 Å². The van der Waals surface area contributed by atoms with Crippen molar-refractivity contribution in [2.24, 2.45) is 11.3 Å². The van der Waals surface area contributed by atoms with Gasteiger partial charge in [-0.25, -0.2) is 0 Å². The highest BCUT2D eigenvalue weighted by atomic mass is 16.5. The van der Waals surface area contributed by atoms with Crippen molar-refractivity contribution in [2.75, 3.05) is 13.2 Å². The Balaban J connectivity index is 1.66. The molecule has 3 unspecified atom stereocenters. The first-order valence-corrected chi connectivity index (χ1v) is 6.47. The molecule has 0 aromatic heterocycles. The first-order chi connectivity index (χ1) is 7.12. The third kappa shape index (κ3) is 2.94. The number of nitrogens with one attached hydrogen (secondary N) is 1. The van der Waals surface area contributed by atoms with Crippen LogP contribution in [-0.2, 0) is 4.74 Å². The summed E-state index contributed by atoms with van der Waals surface area (Å²) in [4.78, 5) is 0. The lowest BCUT2D eigenvalue weighted by molar-refractivity contribution is -0.000251. The van der Waals surface area contributed by atoms with Crippen LogP contribution in [0.1, 0.15) is 46.5 Å². The maximum absolute atomic E-state index is 5.68. The molecule has 1 N–H and O–H groups in total. The van der Waals surface area contributed by atoms with Crippen molar-refractivity contribution in [3.05, 3.63) is 0 Å². The van der Waals surface area contributed by atoms with Crippen LogP contribution in [0.5, 0.6) is 0 Å². The summed E-state index contributed by atoms with van der Waals surface area (Å²) in [6.07, 6.45) is 5.48. The summed E-state index contributed by atoms with van der Waals surface area (Å²) in [6.45, 7) is 9.13. The van der Waals surface area contributed by atoms with E-state index in [1.807, 2.05) is 0 Å². The molecule has 0 bridgehead atoms. The fourth-order valence-electron chi connectivity index (χ4n) is 2.58. The van der Waals surface area contributed by atoms with Crippen LogP contribution in [0.25, 0.3) is 0 Å². The summed E-state index contributed by atoms with van der Waals surface area (Å²) >= 11 is 0. The number of hydrogen-bond acceptors (Lipinski definition) is 2. The van der Waals surface area contributed by atoms with E-state index in [0.29, 0.717) is 17.6 Å². The molecule has 1 saturated carbocycles. The number of rotatable bonds is 4. The molecule has 1 aliphatic carbocycles. The van der Waals surface area contributed by atoms with Crippen molar-refractivity contribution < 1.29 is 4.74 Å². The summed E-state index contributed by atoms with van der Waals surface area (Å²) in [6, 6.07) is 0.708. The van der Waals surface area contributed by atoms with E-state index >= 15 is 0 Å². The van der Waals surface area contributed by atoms with Gasteiger partial charge in [-0.05, 0) is 43.6 Å². The number of hydrogen-bond donors (Lipinski definition) is 1. The van der Waals surface area contributed by atoms with Gasteiger partial charge in [0, 0.05) is 12.6 Å². The van der Waals surface area contributed by atoms with Gasteiger partial charge in [-0.1, -0.05) is 20.8 Å². The molecule has 2 rings (SSSR count). The highest BCUT2D eigenvalue weighted by Gasteiger charge is 2.45.